The normalized spacial score (nSPS) is 16.0. The molecule has 0 bridgehead atoms. The van der Waals surface area contributed by atoms with Gasteiger partial charge in [-0.1, -0.05) is 108 Å². The fourth-order valence-corrected chi connectivity index (χ4v) is 6.79. The number of aromatic nitrogens is 2. The van der Waals surface area contributed by atoms with Crippen LogP contribution in [0.5, 0.6) is 5.75 Å². The number of carbonyl (C=O) groups excluding carboxylic acids is 2. The molecule has 9 heteroatoms. The van der Waals surface area contributed by atoms with Crippen LogP contribution in [0.1, 0.15) is 39.4 Å². The number of aryl methyl sites for hydroxylation is 2. The topological polar surface area (TPSA) is 92.6 Å². The Hall–Kier alpha value is -4.73. The highest BCUT2D eigenvalue weighted by Gasteiger charge is 2.48. The van der Waals surface area contributed by atoms with Gasteiger partial charge in [-0.2, -0.15) is 0 Å². The molecule has 1 aliphatic heterocycles. The van der Waals surface area contributed by atoms with E-state index in [1.54, 1.807) is 24.3 Å². The lowest BCUT2D eigenvalue weighted by atomic mass is 9.95. The van der Waals surface area contributed by atoms with Gasteiger partial charge in [0.2, 0.25) is 5.13 Å². The van der Waals surface area contributed by atoms with E-state index in [9.17, 15) is 14.7 Å². The first-order chi connectivity index (χ1) is 21.4. The number of aliphatic hydroxyl groups excluding tert-OH is 1. The highest BCUT2D eigenvalue weighted by molar-refractivity contribution is 8.00. The number of nitrogens with zero attached hydrogens (tertiary/aromatic N) is 3. The quantitative estimate of drug-likeness (QED) is 0.0596. The third-order valence-electron chi connectivity index (χ3n) is 7.43. The summed E-state index contributed by atoms with van der Waals surface area (Å²) in [6.45, 7) is 4.40. The molecule has 6 rings (SSSR count). The fraction of sp³-hybridized carbons (Fsp3) is 0.143. The van der Waals surface area contributed by atoms with Gasteiger partial charge in [-0.3, -0.25) is 14.5 Å². The van der Waals surface area contributed by atoms with Gasteiger partial charge in [-0.05, 0) is 60.4 Å². The molecule has 1 saturated heterocycles. The molecule has 2 heterocycles. The van der Waals surface area contributed by atoms with Crippen LogP contribution in [-0.2, 0) is 21.9 Å². The summed E-state index contributed by atoms with van der Waals surface area (Å²) in [6.07, 6.45) is 0. The van der Waals surface area contributed by atoms with Crippen molar-refractivity contribution in [2.45, 2.75) is 36.6 Å². The van der Waals surface area contributed by atoms with Gasteiger partial charge in [0, 0.05) is 11.3 Å². The number of hydrogen-bond donors (Lipinski definition) is 1. The molecular weight excluding hydrogens is 591 g/mol. The number of thioether (sulfide) groups is 1. The monoisotopic (exact) mass is 619 g/mol. The number of anilines is 1. The molecule has 7 nitrogen and oxygen atoms in total. The Bertz CT molecular complexity index is 1830. The van der Waals surface area contributed by atoms with Crippen LogP contribution >= 0.6 is 23.1 Å². The summed E-state index contributed by atoms with van der Waals surface area (Å²) < 4.78 is 6.63. The van der Waals surface area contributed by atoms with Crippen LogP contribution in [0, 0.1) is 13.8 Å². The van der Waals surface area contributed by atoms with Crippen molar-refractivity contribution in [2.24, 2.45) is 0 Å². The van der Waals surface area contributed by atoms with E-state index in [-0.39, 0.29) is 11.3 Å². The van der Waals surface area contributed by atoms with Gasteiger partial charge < -0.3 is 9.84 Å². The Kier molecular flexibility index (Phi) is 8.58. The molecule has 44 heavy (non-hydrogen) atoms. The lowest BCUT2D eigenvalue weighted by molar-refractivity contribution is -0.132. The number of amides is 1. The van der Waals surface area contributed by atoms with E-state index in [2.05, 4.69) is 10.2 Å². The lowest BCUT2D eigenvalue weighted by Crippen LogP contribution is -2.29. The van der Waals surface area contributed by atoms with Gasteiger partial charge in [0.1, 0.15) is 18.1 Å². The summed E-state index contributed by atoms with van der Waals surface area (Å²) in [5.74, 6) is -0.479. The first-order valence-corrected chi connectivity index (χ1v) is 15.8. The van der Waals surface area contributed by atoms with Crippen LogP contribution in [0.15, 0.2) is 113 Å². The van der Waals surface area contributed by atoms with E-state index in [1.807, 2.05) is 92.7 Å². The molecule has 0 spiro atoms. The van der Waals surface area contributed by atoms with Crippen molar-refractivity contribution in [3.8, 4) is 5.75 Å². The van der Waals surface area contributed by atoms with Gasteiger partial charge in [0.15, 0.2) is 4.34 Å². The van der Waals surface area contributed by atoms with E-state index in [0.717, 1.165) is 22.3 Å². The zero-order valence-electron chi connectivity index (χ0n) is 24.1. The van der Waals surface area contributed by atoms with Crippen molar-refractivity contribution < 1.29 is 19.4 Å². The molecule has 0 saturated carbocycles. The van der Waals surface area contributed by atoms with Crippen LogP contribution in [-0.4, -0.2) is 27.0 Å². The van der Waals surface area contributed by atoms with E-state index < -0.39 is 17.7 Å². The molecule has 5 aromatic rings. The van der Waals surface area contributed by atoms with Gasteiger partial charge in [0.25, 0.3) is 5.78 Å². The second-order valence-electron chi connectivity index (χ2n) is 10.4. The first-order valence-electron chi connectivity index (χ1n) is 14.0. The third kappa shape index (κ3) is 6.15. The second-order valence-corrected chi connectivity index (χ2v) is 12.6. The minimum absolute atomic E-state index is 0.00104. The Morgan fingerprint density at radius 3 is 2.32 bits per heavy atom. The molecule has 0 radical (unpaired) electrons. The van der Waals surface area contributed by atoms with Crippen molar-refractivity contribution in [1.82, 2.24) is 10.2 Å². The van der Waals surface area contributed by atoms with Crippen molar-refractivity contribution >= 4 is 45.7 Å². The summed E-state index contributed by atoms with van der Waals surface area (Å²) in [7, 11) is 0. The lowest BCUT2D eigenvalue weighted by Gasteiger charge is -2.22. The number of ether oxygens (including phenoxy) is 1. The highest BCUT2D eigenvalue weighted by atomic mass is 32.2. The van der Waals surface area contributed by atoms with Crippen LogP contribution in [0.3, 0.4) is 0 Å². The van der Waals surface area contributed by atoms with E-state index in [1.165, 1.54) is 28.0 Å². The number of Topliss-reactive ketones (excluding diaryl/α,β-unsaturated/α-hetero) is 1. The number of rotatable bonds is 9. The summed E-state index contributed by atoms with van der Waals surface area (Å²) in [5.41, 5.74) is 5.48. The first kappa shape index (κ1) is 29.3. The standard InChI is InChI=1S/C35H29N3O4S2/c1-22-12-14-25(15-13-22)30-29(31(39)26-16-18-28(19-17-26)42-20-27-11-7-6-8-23(27)2)32(40)33(41)38(30)34-36-37-35(44-34)43-21-24-9-4-3-5-10-24/h3-19,30,39H,20-21H2,1-2H3. The summed E-state index contributed by atoms with van der Waals surface area (Å²) in [4.78, 5) is 28.4. The Morgan fingerprint density at radius 2 is 1.59 bits per heavy atom. The summed E-state index contributed by atoms with van der Waals surface area (Å²) >= 11 is 2.76. The zero-order valence-corrected chi connectivity index (χ0v) is 25.8. The second kappa shape index (κ2) is 12.9. The van der Waals surface area contributed by atoms with E-state index in [4.69, 9.17) is 4.74 Å². The minimum atomic E-state index is -0.868. The molecule has 1 fully saturated rings. The van der Waals surface area contributed by atoms with Gasteiger partial charge in [-0.15, -0.1) is 10.2 Å². The van der Waals surface area contributed by atoms with E-state index >= 15 is 0 Å². The Balaban J connectivity index is 1.30. The minimum Gasteiger partial charge on any atom is -0.507 e. The van der Waals surface area contributed by atoms with E-state index in [0.29, 0.717) is 38.7 Å². The zero-order chi connectivity index (χ0) is 30.6. The predicted molar refractivity (Wildman–Crippen MR) is 174 cm³/mol. The largest absolute Gasteiger partial charge is 0.507 e. The molecule has 1 unspecified atom stereocenters. The predicted octanol–water partition coefficient (Wildman–Crippen LogP) is 7.65. The molecule has 1 aromatic heterocycles. The summed E-state index contributed by atoms with van der Waals surface area (Å²) in [6, 6.07) is 31.5. The Labute approximate surface area is 263 Å². The molecule has 1 amide bonds. The molecule has 1 atom stereocenters. The van der Waals surface area contributed by atoms with Gasteiger partial charge in [0.05, 0.1) is 11.6 Å². The van der Waals surface area contributed by atoms with Crippen molar-refractivity contribution in [1.29, 1.82) is 0 Å². The van der Waals surface area contributed by atoms with Crippen LogP contribution in [0.2, 0.25) is 0 Å². The number of carbonyl (C=O) groups is 2. The molecule has 4 aromatic carbocycles. The third-order valence-corrected chi connectivity index (χ3v) is 9.55. The molecule has 220 valence electrons. The van der Waals surface area contributed by atoms with Crippen molar-refractivity contribution in [3.63, 3.8) is 0 Å². The molecule has 1 N–H and O–H groups in total. The smallest absolute Gasteiger partial charge is 0.301 e. The fourth-order valence-electron chi connectivity index (χ4n) is 4.97. The van der Waals surface area contributed by atoms with Crippen molar-refractivity contribution in [3.05, 3.63) is 142 Å². The SMILES string of the molecule is Cc1ccc(C2C(=C(O)c3ccc(OCc4ccccc4C)cc3)C(=O)C(=O)N2c2nnc(SCc3ccccc3)s2)cc1. The van der Waals surface area contributed by atoms with Gasteiger partial charge >= 0.3 is 5.91 Å². The Morgan fingerprint density at radius 1 is 0.886 bits per heavy atom. The molecule has 0 aliphatic carbocycles. The maximum atomic E-state index is 13.5. The van der Waals surface area contributed by atoms with Crippen LogP contribution < -0.4 is 9.64 Å². The maximum Gasteiger partial charge on any atom is 0.301 e. The number of benzene rings is 4. The molecular formula is C35H29N3O4S2. The van der Waals surface area contributed by atoms with Crippen molar-refractivity contribution in [2.75, 3.05) is 4.90 Å². The average Bonchev–Trinajstić information content (AvgIpc) is 3.62. The maximum absolute atomic E-state index is 13.5. The summed E-state index contributed by atoms with van der Waals surface area (Å²) in [5, 5.41) is 20.4. The average molecular weight is 620 g/mol. The number of ketones is 1. The number of hydrogen-bond acceptors (Lipinski definition) is 8. The number of aliphatic hydroxyl groups is 1. The van der Waals surface area contributed by atoms with Crippen LogP contribution in [0.25, 0.3) is 5.76 Å². The highest BCUT2D eigenvalue weighted by Crippen LogP contribution is 2.44. The molecule has 1 aliphatic rings. The van der Waals surface area contributed by atoms with Crippen LogP contribution in [0.4, 0.5) is 5.13 Å². The van der Waals surface area contributed by atoms with Gasteiger partial charge in [-0.25, -0.2) is 0 Å².